The van der Waals surface area contributed by atoms with Crippen LogP contribution in [0.5, 0.6) is 0 Å². The quantitative estimate of drug-likeness (QED) is 0.857. The number of anilines is 1. The zero-order valence-electron chi connectivity index (χ0n) is 10.6. The maximum atomic E-state index is 11.3. The van der Waals surface area contributed by atoms with Gasteiger partial charge in [0.2, 0.25) is 5.95 Å². The van der Waals surface area contributed by atoms with Gasteiger partial charge in [-0.3, -0.25) is 4.79 Å². The molecular formula is C14H15N3O2. The second kappa shape index (κ2) is 5.95. The topological polar surface area (TPSA) is 75.1 Å². The zero-order valence-corrected chi connectivity index (χ0v) is 10.6. The molecule has 2 rings (SSSR count). The van der Waals surface area contributed by atoms with Crippen LogP contribution in [0.3, 0.4) is 0 Å². The summed E-state index contributed by atoms with van der Waals surface area (Å²) in [4.78, 5) is 19.5. The van der Waals surface area contributed by atoms with Crippen LogP contribution in [0.2, 0.25) is 0 Å². The summed E-state index contributed by atoms with van der Waals surface area (Å²) in [5, 5.41) is 12.2. The van der Waals surface area contributed by atoms with E-state index in [1.165, 1.54) is 0 Å². The number of carboxylic acid groups (broad SMARTS) is 1. The largest absolute Gasteiger partial charge is 0.481 e. The molecule has 0 aliphatic rings. The van der Waals surface area contributed by atoms with Gasteiger partial charge in [-0.15, -0.1) is 0 Å². The molecule has 2 aromatic rings. The van der Waals surface area contributed by atoms with Gasteiger partial charge in [-0.25, -0.2) is 9.97 Å². The molecule has 0 bridgehead atoms. The van der Waals surface area contributed by atoms with E-state index in [9.17, 15) is 9.90 Å². The molecule has 19 heavy (non-hydrogen) atoms. The highest BCUT2D eigenvalue weighted by Gasteiger charge is 2.19. The Morgan fingerprint density at radius 1 is 1.32 bits per heavy atom. The van der Waals surface area contributed by atoms with E-state index in [4.69, 9.17) is 0 Å². The van der Waals surface area contributed by atoms with Gasteiger partial charge in [0.05, 0.1) is 5.92 Å². The van der Waals surface area contributed by atoms with Crippen LogP contribution < -0.4 is 5.32 Å². The van der Waals surface area contributed by atoms with Crippen LogP contribution in [0, 0.1) is 6.92 Å². The predicted molar refractivity (Wildman–Crippen MR) is 72.1 cm³/mol. The first-order valence-corrected chi connectivity index (χ1v) is 5.98. The fourth-order valence-corrected chi connectivity index (χ4v) is 1.76. The van der Waals surface area contributed by atoms with Gasteiger partial charge in [-0.05, 0) is 18.6 Å². The summed E-state index contributed by atoms with van der Waals surface area (Å²) in [5.74, 6) is -1.04. The lowest BCUT2D eigenvalue weighted by Crippen LogP contribution is -2.21. The molecule has 98 valence electrons. The van der Waals surface area contributed by atoms with Gasteiger partial charge < -0.3 is 10.4 Å². The van der Waals surface area contributed by atoms with Gasteiger partial charge in [0, 0.05) is 18.4 Å². The molecule has 1 aromatic carbocycles. The Morgan fingerprint density at radius 3 is 2.68 bits per heavy atom. The Balaban J connectivity index is 2.08. The molecule has 5 heteroatoms. The number of benzene rings is 1. The highest BCUT2D eigenvalue weighted by molar-refractivity contribution is 5.76. The number of nitrogens with one attached hydrogen (secondary N) is 1. The minimum atomic E-state index is -0.869. The van der Waals surface area contributed by atoms with Gasteiger partial charge in [-0.2, -0.15) is 0 Å². The first kappa shape index (κ1) is 13.0. The first-order valence-electron chi connectivity index (χ1n) is 5.98. The van der Waals surface area contributed by atoms with Crippen LogP contribution in [0.4, 0.5) is 5.95 Å². The van der Waals surface area contributed by atoms with Gasteiger partial charge in [0.1, 0.15) is 0 Å². The van der Waals surface area contributed by atoms with Crippen molar-refractivity contribution >= 4 is 11.9 Å². The van der Waals surface area contributed by atoms with Crippen LogP contribution in [-0.4, -0.2) is 27.6 Å². The lowest BCUT2D eigenvalue weighted by atomic mass is 9.99. The average Bonchev–Trinajstić information content (AvgIpc) is 2.40. The summed E-state index contributed by atoms with van der Waals surface area (Å²) in [5.41, 5.74) is 1.60. The molecule has 1 unspecified atom stereocenters. The Bertz CT molecular complexity index is 558. The Labute approximate surface area is 111 Å². The molecule has 5 nitrogen and oxygen atoms in total. The molecule has 2 N–H and O–H groups in total. The third-order valence-corrected chi connectivity index (χ3v) is 2.76. The lowest BCUT2D eigenvalue weighted by molar-refractivity contribution is -0.138. The highest BCUT2D eigenvalue weighted by Crippen LogP contribution is 2.16. The second-order valence-corrected chi connectivity index (χ2v) is 4.20. The van der Waals surface area contributed by atoms with Crippen LogP contribution in [0.25, 0.3) is 0 Å². The number of nitrogens with zero attached hydrogens (tertiary/aromatic N) is 2. The minimum Gasteiger partial charge on any atom is -0.481 e. The van der Waals surface area contributed by atoms with Gasteiger partial charge >= 0.3 is 5.97 Å². The SMILES string of the molecule is Cc1ccnc(NCC(C(=O)O)c2ccccc2)n1. The molecule has 1 heterocycles. The van der Waals surface area contributed by atoms with Crippen molar-refractivity contribution < 1.29 is 9.90 Å². The van der Waals surface area contributed by atoms with Crippen molar-refractivity contribution in [2.75, 3.05) is 11.9 Å². The van der Waals surface area contributed by atoms with Crippen molar-refractivity contribution in [3.63, 3.8) is 0 Å². The maximum Gasteiger partial charge on any atom is 0.312 e. The van der Waals surface area contributed by atoms with E-state index in [1.807, 2.05) is 25.1 Å². The summed E-state index contributed by atoms with van der Waals surface area (Å²) in [6.07, 6.45) is 1.64. The molecule has 0 aliphatic heterocycles. The lowest BCUT2D eigenvalue weighted by Gasteiger charge is -2.13. The van der Waals surface area contributed by atoms with E-state index in [-0.39, 0.29) is 6.54 Å². The second-order valence-electron chi connectivity index (χ2n) is 4.20. The van der Waals surface area contributed by atoms with Gasteiger partial charge in [0.15, 0.2) is 0 Å². The van der Waals surface area contributed by atoms with E-state index in [0.717, 1.165) is 11.3 Å². The fourth-order valence-electron chi connectivity index (χ4n) is 1.76. The maximum absolute atomic E-state index is 11.3. The molecule has 1 atom stereocenters. The molecule has 0 fully saturated rings. The average molecular weight is 257 g/mol. The van der Waals surface area contributed by atoms with Crippen LogP contribution in [0.15, 0.2) is 42.6 Å². The molecule has 0 saturated carbocycles. The van der Waals surface area contributed by atoms with E-state index in [2.05, 4.69) is 15.3 Å². The van der Waals surface area contributed by atoms with Crippen molar-refractivity contribution in [3.8, 4) is 0 Å². The number of hydrogen-bond acceptors (Lipinski definition) is 4. The molecule has 0 radical (unpaired) electrons. The molecule has 0 amide bonds. The van der Waals surface area contributed by atoms with Crippen molar-refractivity contribution in [2.24, 2.45) is 0 Å². The van der Waals surface area contributed by atoms with Crippen molar-refractivity contribution in [1.82, 2.24) is 9.97 Å². The Morgan fingerprint density at radius 2 is 2.05 bits per heavy atom. The molecule has 0 aliphatic carbocycles. The van der Waals surface area contributed by atoms with Crippen LogP contribution >= 0.6 is 0 Å². The monoisotopic (exact) mass is 257 g/mol. The molecule has 1 aromatic heterocycles. The number of aryl methyl sites for hydroxylation is 1. The number of carboxylic acids is 1. The Hall–Kier alpha value is -2.43. The van der Waals surface area contributed by atoms with E-state index in [1.54, 1.807) is 24.4 Å². The number of aromatic nitrogens is 2. The predicted octanol–water partition coefficient (Wildman–Crippen LogP) is 2.07. The molecule has 0 saturated heterocycles. The summed E-state index contributed by atoms with van der Waals surface area (Å²) in [7, 11) is 0. The highest BCUT2D eigenvalue weighted by atomic mass is 16.4. The summed E-state index contributed by atoms with van der Waals surface area (Å²) >= 11 is 0. The van der Waals surface area contributed by atoms with Crippen LogP contribution in [-0.2, 0) is 4.79 Å². The summed E-state index contributed by atoms with van der Waals surface area (Å²) in [6, 6.07) is 10.9. The first-order chi connectivity index (χ1) is 9.16. The third kappa shape index (κ3) is 3.51. The van der Waals surface area contributed by atoms with Crippen LogP contribution in [0.1, 0.15) is 17.2 Å². The number of rotatable bonds is 5. The minimum absolute atomic E-state index is 0.253. The number of aliphatic carboxylic acids is 1. The van der Waals surface area contributed by atoms with Gasteiger partial charge in [0.25, 0.3) is 0 Å². The fraction of sp³-hybridized carbons (Fsp3) is 0.214. The summed E-state index contributed by atoms with van der Waals surface area (Å²) in [6.45, 7) is 2.11. The van der Waals surface area contributed by atoms with E-state index < -0.39 is 11.9 Å². The normalized spacial score (nSPS) is 11.8. The van der Waals surface area contributed by atoms with Crippen molar-refractivity contribution in [2.45, 2.75) is 12.8 Å². The summed E-state index contributed by atoms with van der Waals surface area (Å²) < 4.78 is 0. The van der Waals surface area contributed by atoms with E-state index in [0.29, 0.717) is 5.95 Å². The standard InChI is InChI=1S/C14H15N3O2/c1-10-7-8-15-14(17-10)16-9-12(13(18)19)11-5-3-2-4-6-11/h2-8,12H,9H2,1H3,(H,18,19)(H,15,16,17). The number of hydrogen-bond donors (Lipinski definition) is 2. The van der Waals surface area contributed by atoms with Crippen molar-refractivity contribution in [3.05, 3.63) is 53.9 Å². The van der Waals surface area contributed by atoms with E-state index >= 15 is 0 Å². The molecular weight excluding hydrogens is 242 g/mol. The third-order valence-electron chi connectivity index (χ3n) is 2.76. The van der Waals surface area contributed by atoms with Crippen molar-refractivity contribution in [1.29, 1.82) is 0 Å². The Kier molecular flexibility index (Phi) is 4.07. The number of carbonyl (C=O) groups is 1. The smallest absolute Gasteiger partial charge is 0.312 e. The van der Waals surface area contributed by atoms with Gasteiger partial charge in [-0.1, -0.05) is 30.3 Å². The molecule has 0 spiro atoms. The zero-order chi connectivity index (χ0) is 13.7.